The summed E-state index contributed by atoms with van der Waals surface area (Å²) < 4.78 is 10.3. The van der Waals surface area contributed by atoms with Crippen LogP contribution < -0.4 is 14.8 Å². The van der Waals surface area contributed by atoms with Crippen molar-refractivity contribution in [3.63, 3.8) is 0 Å². The summed E-state index contributed by atoms with van der Waals surface area (Å²) in [5.41, 5.74) is 1.64. The Morgan fingerprint density at radius 2 is 1.90 bits per heavy atom. The highest BCUT2D eigenvalue weighted by Gasteiger charge is 2.33. The van der Waals surface area contributed by atoms with E-state index in [4.69, 9.17) is 21.1 Å². The van der Waals surface area contributed by atoms with Crippen LogP contribution in [0.1, 0.15) is 24.8 Å². The SMILES string of the molecule is COc1ccc(NC(=O)C2CCCN2C(=O)CCc2ccc(OC)c(Cl)c2)cc1. The van der Waals surface area contributed by atoms with E-state index in [-0.39, 0.29) is 11.8 Å². The second-order valence-electron chi connectivity index (χ2n) is 6.93. The van der Waals surface area contributed by atoms with Crippen molar-refractivity contribution >= 4 is 29.1 Å². The Bertz CT molecular complexity index is 870. The van der Waals surface area contributed by atoms with Crippen LogP contribution in [0.5, 0.6) is 11.5 Å². The van der Waals surface area contributed by atoms with Crippen molar-refractivity contribution in [3.05, 3.63) is 53.1 Å². The van der Waals surface area contributed by atoms with Gasteiger partial charge in [0.15, 0.2) is 0 Å². The van der Waals surface area contributed by atoms with Crippen LogP contribution in [0, 0.1) is 0 Å². The maximum Gasteiger partial charge on any atom is 0.247 e. The van der Waals surface area contributed by atoms with Crippen LogP contribution in [-0.2, 0) is 16.0 Å². The van der Waals surface area contributed by atoms with Crippen LogP contribution in [0.4, 0.5) is 5.69 Å². The van der Waals surface area contributed by atoms with Gasteiger partial charge in [0.05, 0.1) is 19.2 Å². The van der Waals surface area contributed by atoms with Gasteiger partial charge in [-0.1, -0.05) is 17.7 Å². The fraction of sp³-hybridized carbons (Fsp3) is 0.364. The zero-order valence-corrected chi connectivity index (χ0v) is 17.4. The van der Waals surface area contributed by atoms with Crippen LogP contribution in [0.2, 0.25) is 5.02 Å². The van der Waals surface area contributed by atoms with Crippen molar-refractivity contribution in [3.8, 4) is 11.5 Å². The molecular formula is C22H25ClN2O4. The molecule has 1 heterocycles. The number of likely N-dealkylation sites (tertiary alicyclic amines) is 1. The lowest BCUT2D eigenvalue weighted by molar-refractivity contribution is -0.136. The molecule has 154 valence electrons. The molecule has 1 unspecified atom stereocenters. The molecule has 1 aliphatic rings. The van der Waals surface area contributed by atoms with Gasteiger partial charge in [-0.25, -0.2) is 0 Å². The molecule has 0 bridgehead atoms. The first kappa shape index (κ1) is 21.0. The molecule has 1 fully saturated rings. The van der Waals surface area contributed by atoms with Gasteiger partial charge in [-0.15, -0.1) is 0 Å². The average molecular weight is 417 g/mol. The fourth-order valence-corrected chi connectivity index (χ4v) is 3.78. The summed E-state index contributed by atoms with van der Waals surface area (Å²) in [6, 6.07) is 12.2. The zero-order valence-electron chi connectivity index (χ0n) is 16.6. The van der Waals surface area contributed by atoms with Gasteiger partial charge in [0.2, 0.25) is 11.8 Å². The highest BCUT2D eigenvalue weighted by molar-refractivity contribution is 6.32. The van der Waals surface area contributed by atoms with E-state index in [1.807, 2.05) is 12.1 Å². The minimum absolute atomic E-state index is 0.0238. The smallest absolute Gasteiger partial charge is 0.247 e. The molecule has 2 amide bonds. The van der Waals surface area contributed by atoms with Gasteiger partial charge in [0.25, 0.3) is 0 Å². The first-order valence-electron chi connectivity index (χ1n) is 9.58. The number of hydrogen-bond donors (Lipinski definition) is 1. The molecule has 0 aliphatic carbocycles. The number of amides is 2. The quantitative estimate of drug-likeness (QED) is 0.742. The van der Waals surface area contributed by atoms with Crippen LogP contribution in [-0.4, -0.2) is 43.5 Å². The number of methoxy groups -OCH3 is 2. The Kier molecular flexibility index (Phi) is 6.99. The summed E-state index contributed by atoms with van der Waals surface area (Å²) in [6.07, 6.45) is 2.38. The monoisotopic (exact) mass is 416 g/mol. The number of carbonyl (C=O) groups excluding carboxylic acids is 2. The zero-order chi connectivity index (χ0) is 20.8. The summed E-state index contributed by atoms with van der Waals surface area (Å²) in [5, 5.41) is 3.42. The number of aryl methyl sites for hydroxylation is 1. The predicted octanol–water partition coefficient (Wildman–Crippen LogP) is 3.92. The third-order valence-electron chi connectivity index (χ3n) is 5.08. The molecule has 29 heavy (non-hydrogen) atoms. The number of anilines is 1. The summed E-state index contributed by atoms with van der Waals surface area (Å²) in [6.45, 7) is 0.600. The van der Waals surface area contributed by atoms with Gasteiger partial charge in [0.1, 0.15) is 17.5 Å². The molecule has 0 radical (unpaired) electrons. The minimum Gasteiger partial charge on any atom is -0.497 e. The second-order valence-corrected chi connectivity index (χ2v) is 7.34. The third kappa shape index (κ3) is 5.21. The van der Waals surface area contributed by atoms with Gasteiger partial charge < -0.3 is 19.7 Å². The van der Waals surface area contributed by atoms with E-state index in [1.165, 1.54) is 0 Å². The molecule has 1 aliphatic heterocycles. The summed E-state index contributed by atoms with van der Waals surface area (Å²) in [4.78, 5) is 27.1. The topological polar surface area (TPSA) is 67.9 Å². The number of nitrogens with zero attached hydrogens (tertiary/aromatic N) is 1. The highest BCUT2D eigenvalue weighted by Crippen LogP contribution is 2.26. The molecule has 1 atom stereocenters. The Morgan fingerprint density at radius 1 is 1.14 bits per heavy atom. The van der Waals surface area contributed by atoms with Gasteiger partial charge >= 0.3 is 0 Å². The molecule has 6 nitrogen and oxygen atoms in total. The first-order chi connectivity index (χ1) is 14.0. The molecule has 0 spiro atoms. The van der Waals surface area contributed by atoms with E-state index >= 15 is 0 Å². The van der Waals surface area contributed by atoms with Crippen LogP contribution >= 0.6 is 11.6 Å². The molecule has 2 aromatic rings. The molecule has 2 aromatic carbocycles. The first-order valence-corrected chi connectivity index (χ1v) is 9.96. The Labute approximate surface area is 175 Å². The number of rotatable bonds is 7. The summed E-state index contributed by atoms with van der Waals surface area (Å²) in [7, 11) is 3.16. The molecule has 0 aromatic heterocycles. The Morgan fingerprint density at radius 3 is 2.55 bits per heavy atom. The number of halogens is 1. The predicted molar refractivity (Wildman–Crippen MR) is 113 cm³/mol. The maximum atomic E-state index is 12.7. The van der Waals surface area contributed by atoms with E-state index in [2.05, 4.69) is 5.32 Å². The molecule has 1 saturated heterocycles. The van der Waals surface area contributed by atoms with Crippen molar-refractivity contribution in [1.82, 2.24) is 4.90 Å². The van der Waals surface area contributed by atoms with Crippen LogP contribution in [0.3, 0.4) is 0 Å². The molecule has 3 rings (SSSR count). The van der Waals surface area contributed by atoms with Crippen LogP contribution in [0.15, 0.2) is 42.5 Å². The number of carbonyl (C=O) groups is 2. The normalized spacial score (nSPS) is 15.8. The van der Waals surface area contributed by atoms with Crippen molar-refractivity contribution in [2.24, 2.45) is 0 Å². The van der Waals surface area contributed by atoms with Gasteiger partial charge in [0, 0.05) is 18.7 Å². The average Bonchev–Trinajstić information content (AvgIpc) is 3.23. The minimum atomic E-state index is -0.441. The fourth-order valence-electron chi connectivity index (χ4n) is 3.50. The second kappa shape index (κ2) is 9.65. The highest BCUT2D eigenvalue weighted by atomic mass is 35.5. The van der Waals surface area contributed by atoms with E-state index in [0.717, 1.165) is 17.7 Å². The van der Waals surface area contributed by atoms with E-state index in [0.29, 0.717) is 42.3 Å². The summed E-state index contributed by atoms with van der Waals surface area (Å²) >= 11 is 6.15. The van der Waals surface area contributed by atoms with Crippen molar-refractivity contribution < 1.29 is 19.1 Å². The lowest BCUT2D eigenvalue weighted by Crippen LogP contribution is -2.43. The van der Waals surface area contributed by atoms with Gasteiger partial charge in [-0.2, -0.15) is 0 Å². The number of ether oxygens (including phenoxy) is 2. The Balaban J connectivity index is 1.58. The molecule has 0 saturated carbocycles. The van der Waals surface area contributed by atoms with E-state index in [1.54, 1.807) is 49.5 Å². The van der Waals surface area contributed by atoms with Crippen LogP contribution in [0.25, 0.3) is 0 Å². The lowest BCUT2D eigenvalue weighted by Gasteiger charge is -2.24. The maximum absolute atomic E-state index is 12.7. The largest absolute Gasteiger partial charge is 0.497 e. The Hall–Kier alpha value is -2.73. The molecule has 7 heteroatoms. The summed E-state index contributed by atoms with van der Waals surface area (Å²) in [5.74, 6) is 1.15. The van der Waals surface area contributed by atoms with Gasteiger partial charge in [-0.05, 0) is 61.2 Å². The lowest BCUT2D eigenvalue weighted by atomic mass is 10.1. The van der Waals surface area contributed by atoms with E-state index in [9.17, 15) is 9.59 Å². The number of hydrogen-bond acceptors (Lipinski definition) is 4. The number of benzene rings is 2. The number of nitrogens with one attached hydrogen (secondary N) is 1. The third-order valence-corrected chi connectivity index (χ3v) is 5.37. The van der Waals surface area contributed by atoms with Crippen molar-refractivity contribution in [2.75, 3.05) is 26.1 Å². The molecular weight excluding hydrogens is 392 g/mol. The standard InChI is InChI=1S/C22H25ClN2O4/c1-28-17-9-7-16(8-10-17)24-22(27)19-4-3-13-25(19)21(26)12-6-15-5-11-20(29-2)18(23)14-15/h5,7-11,14,19H,3-4,6,12-13H2,1-2H3,(H,24,27). The van der Waals surface area contributed by atoms with Gasteiger partial charge in [-0.3, -0.25) is 9.59 Å². The van der Waals surface area contributed by atoms with Crippen molar-refractivity contribution in [2.45, 2.75) is 31.7 Å². The van der Waals surface area contributed by atoms with E-state index < -0.39 is 6.04 Å². The van der Waals surface area contributed by atoms with Crippen molar-refractivity contribution in [1.29, 1.82) is 0 Å². The molecule has 1 N–H and O–H groups in total.